The van der Waals surface area contributed by atoms with Gasteiger partial charge in [0.2, 0.25) is 5.91 Å². The van der Waals surface area contributed by atoms with Crippen LogP contribution in [0, 0.1) is 22.5 Å². The molecule has 2 saturated heterocycles. The highest BCUT2D eigenvalue weighted by atomic mass is 79.9. The number of fused-ring (bicyclic) bond motifs is 2. The van der Waals surface area contributed by atoms with Crippen LogP contribution in [0.1, 0.15) is 56.9 Å². The molecule has 2 aliphatic heterocycles. The van der Waals surface area contributed by atoms with E-state index in [1.807, 2.05) is 12.1 Å². The zero-order valence-corrected chi connectivity index (χ0v) is 43.9. The Hall–Kier alpha value is -5.49. The molecule has 10 rings (SSSR count). The van der Waals surface area contributed by atoms with Gasteiger partial charge >= 0.3 is 0 Å². The number of methoxy groups -OCH3 is 2. The summed E-state index contributed by atoms with van der Waals surface area (Å²) in [5.41, 5.74) is 5.16. The van der Waals surface area contributed by atoms with Gasteiger partial charge in [-0.3, -0.25) is 14.5 Å². The van der Waals surface area contributed by atoms with E-state index in [1.165, 1.54) is 115 Å². The van der Waals surface area contributed by atoms with E-state index in [2.05, 4.69) is 62.0 Å². The molecule has 2 aliphatic carbocycles. The number of anilines is 5. The predicted octanol–water partition coefficient (Wildman–Crippen LogP) is 12.4. The van der Waals surface area contributed by atoms with Gasteiger partial charge < -0.3 is 30.7 Å². The summed E-state index contributed by atoms with van der Waals surface area (Å²) in [6, 6.07) is 15.7. The molecule has 4 heterocycles. The van der Waals surface area contributed by atoms with Crippen molar-refractivity contribution in [3.8, 4) is 11.5 Å². The van der Waals surface area contributed by atoms with Crippen LogP contribution in [0.4, 0.5) is 37.5 Å². The van der Waals surface area contributed by atoms with Crippen molar-refractivity contribution in [1.29, 1.82) is 0 Å². The molecule has 4 fully saturated rings. The lowest BCUT2D eigenvalue weighted by molar-refractivity contribution is -0.114. The van der Waals surface area contributed by atoms with E-state index in [0.29, 0.717) is 78.3 Å². The molecular formula is C53H57BrCl3F2N9O4. The number of alkyl halides is 1. The first kappa shape index (κ1) is 54.3. The topological polar surface area (TPSA) is 156 Å². The number of allylic oxidation sites excluding steroid dienone is 2. The number of ether oxygens (including phenoxy) is 2. The number of piperidine rings is 2. The molecule has 13 nitrogen and oxygen atoms in total. The Morgan fingerprint density at radius 2 is 1.26 bits per heavy atom. The van der Waals surface area contributed by atoms with Gasteiger partial charge in [0.1, 0.15) is 47.4 Å². The first-order valence-corrected chi connectivity index (χ1v) is 25.5. The van der Waals surface area contributed by atoms with Crippen LogP contribution < -0.4 is 30.7 Å². The molecule has 4 N–H and O–H groups in total. The molecule has 380 valence electrons. The summed E-state index contributed by atoms with van der Waals surface area (Å²) in [6.07, 6.45) is 21.0. The fourth-order valence-corrected chi connectivity index (χ4v) is 9.40. The molecule has 6 aromatic rings. The van der Waals surface area contributed by atoms with Crippen molar-refractivity contribution < 1.29 is 27.8 Å². The molecule has 72 heavy (non-hydrogen) atoms. The van der Waals surface area contributed by atoms with Crippen LogP contribution >= 0.6 is 51.5 Å². The monoisotopic (exact) mass is 1110 g/mol. The second-order valence-electron chi connectivity index (χ2n) is 18.3. The van der Waals surface area contributed by atoms with E-state index >= 15 is 0 Å². The van der Waals surface area contributed by atoms with Gasteiger partial charge in [-0.05, 0) is 143 Å². The fraction of sp³-hybridized carbons (Fsp3) is 0.358. The van der Waals surface area contributed by atoms with Crippen molar-refractivity contribution in [3.63, 3.8) is 0 Å². The molecule has 2 aromatic heterocycles. The van der Waals surface area contributed by atoms with Gasteiger partial charge in [-0.15, -0.1) is 12.4 Å². The van der Waals surface area contributed by atoms with Crippen LogP contribution in [0.15, 0.2) is 97.6 Å². The number of benzene rings is 4. The summed E-state index contributed by atoms with van der Waals surface area (Å²) in [4.78, 5) is 44.4. The number of aromatic nitrogens is 4. The standard InChI is InChI=1S/C26H27ClFN5O2.C20H16BrClFN3O2.C7H13N.ClH/c1-35-23-15-21-18(25(30-16-29-21)31-17-4-5-20(28)19(27)13-17)14-22(23)32-24(34)3-2-10-33-11-8-26(6-7-26)9-12-33;1-28-19-10-18-15(8-12(19)7-14(27)3-2-6-21)20(25-11-24-18)26-13-4-5-17(23)16(22)9-13;1-2-7(1)3-5-8-6-4-7;/h2-5,13-16H,6-12H2,1H3,(H,32,34)(H,29,30,31);2-5,8-11H,6-7H2,1H3,(H,24,25,26);8H,1-6H2;1H/b2*3-2+;;. The number of halogens is 6. The molecule has 0 radical (unpaired) electrons. The van der Waals surface area contributed by atoms with Gasteiger partial charge in [0.25, 0.3) is 0 Å². The number of nitrogens with zero attached hydrogens (tertiary/aromatic N) is 5. The number of hydrogen-bond acceptors (Lipinski definition) is 12. The predicted molar refractivity (Wildman–Crippen MR) is 289 cm³/mol. The molecule has 2 saturated carbocycles. The maximum Gasteiger partial charge on any atom is 0.248 e. The fourth-order valence-electron chi connectivity index (χ4n) is 8.85. The lowest BCUT2D eigenvalue weighted by Crippen LogP contribution is -2.34. The zero-order valence-electron chi connectivity index (χ0n) is 40.0. The minimum Gasteiger partial charge on any atom is -0.496 e. The summed E-state index contributed by atoms with van der Waals surface area (Å²) in [6.45, 7) is 5.51. The summed E-state index contributed by atoms with van der Waals surface area (Å²) >= 11 is 15.0. The minimum absolute atomic E-state index is 0. The Kier molecular flexibility index (Phi) is 18.8. The van der Waals surface area contributed by atoms with Gasteiger partial charge in [-0.25, -0.2) is 28.7 Å². The average molecular weight is 1110 g/mol. The highest BCUT2D eigenvalue weighted by molar-refractivity contribution is 9.09. The maximum atomic E-state index is 13.5. The van der Waals surface area contributed by atoms with E-state index in [-0.39, 0.29) is 40.6 Å². The average Bonchev–Trinajstić information content (AvgIpc) is 4.32. The van der Waals surface area contributed by atoms with Gasteiger partial charge in [0.05, 0.1) is 41.0 Å². The third kappa shape index (κ3) is 14.4. The van der Waals surface area contributed by atoms with E-state index in [1.54, 1.807) is 49.6 Å². The number of amides is 1. The largest absolute Gasteiger partial charge is 0.496 e. The lowest BCUT2D eigenvalue weighted by atomic mass is 9.94. The number of ketones is 1. The summed E-state index contributed by atoms with van der Waals surface area (Å²) in [7, 11) is 3.08. The molecule has 0 unspecified atom stereocenters. The van der Waals surface area contributed by atoms with Crippen LogP contribution in [0.25, 0.3) is 21.8 Å². The molecular weight excluding hydrogens is 1050 g/mol. The maximum absolute atomic E-state index is 13.5. The minimum atomic E-state index is -0.500. The van der Waals surface area contributed by atoms with Crippen LogP contribution in [0.5, 0.6) is 11.5 Å². The van der Waals surface area contributed by atoms with E-state index < -0.39 is 11.6 Å². The zero-order chi connectivity index (χ0) is 50.0. The normalized spacial score (nSPS) is 16.3. The number of carbonyl (C=O) groups is 2. The second kappa shape index (κ2) is 25.0. The van der Waals surface area contributed by atoms with Crippen LogP contribution in [0.3, 0.4) is 0 Å². The molecule has 4 aliphatic rings. The quantitative estimate of drug-likeness (QED) is 0.0606. The first-order valence-electron chi connectivity index (χ1n) is 23.6. The van der Waals surface area contributed by atoms with Crippen molar-refractivity contribution in [2.24, 2.45) is 10.8 Å². The van der Waals surface area contributed by atoms with Gasteiger partial charge in [0.15, 0.2) is 5.78 Å². The van der Waals surface area contributed by atoms with E-state index in [0.717, 1.165) is 25.0 Å². The van der Waals surface area contributed by atoms with E-state index in [9.17, 15) is 18.4 Å². The number of nitrogens with one attached hydrogen (secondary N) is 4. The number of carbonyl (C=O) groups excluding carboxylic acids is 2. The second-order valence-corrected chi connectivity index (χ2v) is 19.8. The molecule has 0 atom stereocenters. The molecule has 4 aromatic carbocycles. The lowest BCUT2D eigenvalue weighted by Gasteiger charge is -2.31. The molecule has 0 bridgehead atoms. The van der Waals surface area contributed by atoms with Crippen molar-refractivity contribution >= 4 is 114 Å². The van der Waals surface area contributed by atoms with E-state index in [4.69, 9.17) is 32.7 Å². The first-order chi connectivity index (χ1) is 34.4. The number of likely N-dealkylation sites (tertiary alicyclic amines) is 1. The Morgan fingerprint density at radius 3 is 1.78 bits per heavy atom. The highest BCUT2D eigenvalue weighted by Gasteiger charge is 2.44. The summed E-state index contributed by atoms with van der Waals surface area (Å²) in [5, 5.41) is 14.5. The summed E-state index contributed by atoms with van der Waals surface area (Å²) in [5.74, 6) is 0.775. The third-order valence-electron chi connectivity index (χ3n) is 13.5. The highest BCUT2D eigenvalue weighted by Crippen LogP contribution is 2.54. The van der Waals surface area contributed by atoms with Crippen molar-refractivity contribution in [1.82, 2.24) is 30.2 Å². The molecule has 2 spiro atoms. The van der Waals surface area contributed by atoms with Gasteiger partial charge in [-0.1, -0.05) is 51.3 Å². The Bertz CT molecular complexity index is 2940. The van der Waals surface area contributed by atoms with Gasteiger partial charge in [0, 0.05) is 64.2 Å². The van der Waals surface area contributed by atoms with Crippen molar-refractivity contribution in [3.05, 3.63) is 125 Å². The Balaban J connectivity index is 0.000000183. The van der Waals surface area contributed by atoms with Crippen molar-refractivity contribution in [2.45, 2.75) is 57.8 Å². The van der Waals surface area contributed by atoms with Crippen molar-refractivity contribution in [2.75, 3.05) is 68.2 Å². The Morgan fingerprint density at radius 1 is 0.722 bits per heavy atom. The van der Waals surface area contributed by atoms with Gasteiger partial charge in [-0.2, -0.15) is 0 Å². The third-order valence-corrected chi connectivity index (χ3v) is 14.5. The smallest absolute Gasteiger partial charge is 0.248 e. The molecule has 19 heteroatoms. The van der Waals surface area contributed by atoms with Crippen LogP contribution in [-0.2, 0) is 16.0 Å². The van der Waals surface area contributed by atoms with Crippen LogP contribution in [0.2, 0.25) is 10.0 Å². The number of rotatable bonds is 14. The molecule has 1 amide bonds. The Labute approximate surface area is 442 Å². The summed E-state index contributed by atoms with van der Waals surface area (Å²) < 4.78 is 37.8. The SMILES string of the molecule is C1CC2(CCN1)CC2.COc1cc2ncnc(Nc3ccc(F)c(Cl)c3)c2cc1CC(=O)/C=C/CBr.COc1cc2ncnc(Nc3ccc(F)c(Cl)c3)c2cc1NC(=O)/C=C/CN1CCC2(CC1)CC2.Cl. The van der Waals surface area contributed by atoms with Crippen LogP contribution in [-0.4, -0.2) is 88.8 Å². The number of hydrogen-bond donors (Lipinski definition) is 4.